The Kier molecular flexibility index (Phi) is 4.42. The first-order chi connectivity index (χ1) is 11.9. The minimum Gasteiger partial charge on any atom is -0.292 e. The monoisotopic (exact) mass is 415 g/mol. The first-order valence-electron chi connectivity index (χ1n) is 8.65. The SMILES string of the molecule is CC(C)(C)c1ncc2c(n1)CN(Cc1sc3ccccc3c1Br)CC2. The predicted octanol–water partition coefficient (Wildman–Crippen LogP) is 5.31. The van der Waals surface area contributed by atoms with Crippen molar-refractivity contribution < 1.29 is 0 Å². The molecule has 130 valence electrons. The van der Waals surface area contributed by atoms with Crippen LogP contribution < -0.4 is 0 Å². The fraction of sp³-hybridized carbons (Fsp3) is 0.400. The van der Waals surface area contributed by atoms with Gasteiger partial charge in [-0.2, -0.15) is 0 Å². The van der Waals surface area contributed by atoms with Gasteiger partial charge >= 0.3 is 0 Å². The van der Waals surface area contributed by atoms with Crippen LogP contribution in [0.1, 0.15) is 42.7 Å². The van der Waals surface area contributed by atoms with Crippen molar-refractivity contribution in [3.63, 3.8) is 0 Å². The van der Waals surface area contributed by atoms with Crippen LogP contribution in [0.5, 0.6) is 0 Å². The molecule has 25 heavy (non-hydrogen) atoms. The maximum atomic E-state index is 4.88. The number of hydrogen-bond acceptors (Lipinski definition) is 4. The number of aromatic nitrogens is 2. The van der Waals surface area contributed by atoms with Gasteiger partial charge in [0.1, 0.15) is 5.82 Å². The van der Waals surface area contributed by atoms with Gasteiger partial charge < -0.3 is 0 Å². The van der Waals surface area contributed by atoms with Gasteiger partial charge in [0.2, 0.25) is 0 Å². The molecule has 0 aliphatic carbocycles. The van der Waals surface area contributed by atoms with E-state index in [1.165, 1.54) is 30.7 Å². The molecule has 0 saturated carbocycles. The smallest absolute Gasteiger partial charge is 0.133 e. The van der Waals surface area contributed by atoms with E-state index < -0.39 is 0 Å². The first-order valence-corrected chi connectivity index (χ1v) is 10.3. The van der Waals surface area contributed by atoms with Crippen LogP contribution in [0.15, 0.2) is 34.9 Å². The second kappa shape index (κ2) is 6.45. The minimum atomic E-state index is -0.00812. The average Bonchev–Trinajstić information content (AvgIpc) is 2.90. The maximum Gasteiger partial charge on any atom is 0.133 e. The maximum absolute atomic E-state index is 4.88. The summed E-state index contributed by atoms with van der Waals surface area (Å²) in [5.41, 5.74) is 2.49. The van der Waals surface area contributed by atoms with Crippen LogP contribution in [0.25, 0.3) is 10.1 Å². The molecule has 3 nitrogen and oxygen atoms in total. The van der Waals surface area contributed by atoms with Crippen molar-refractivity contribution in [3.05, 3.63) is 56.9 Å². The summed E-state index contributed by atoms with van der Waals surface area (Å²) in [6, 6.07) is 8.60. The molecule has 5 heteroatoms. The summed E-state index contributed by atoms with van der Waals surface area (Å²) in [7, 11) is 0. The van der Waals surface area contributed by atoms with E-state index in [0.29, 0.717) is 0 Å². The third-order valence-electron chi connectivity index (χ3n) is 4.66. The van der Waals surface area contributed by atoms with Gasteiger partial charge in [-0.05, 0) is 34.0 Å². The quantitative estimate of drug-likeness (QED) is 0.567. The molecule has 1 aliphatic heterocycles. The molecule has 0 unspecified atom stereocenters. The zero-order chi connectivity index (χ0) is 17.6. The number of nitrogens with zero attached hydrogens (tertiary/aromatic N) is 3. The Morgan fingerprint density at radius 1 is 1.24 bits per heavy atom. The molecule has 0 radical (unpaired) electrons. The lowest BCUT2D eigenvalue weighted by Gasteiger charge is -2.28. The van der Waals surface area contributed by atoms with Gasteiger partial charge in [0.15, 0.2) is 0 Å². The Bertz CT molecular complexity index is 926. The first kappa shape index (κ1) is 17.1. The Hall–Kier alpha value is -1.30. The Morgan fingerprint density at radius 2 is 2.04 bits per heavy atom. The lowest BCUT2D eigenvalue weighted by Crippen LogP contribution is -2.32. The van der Waals surface area contributed by atoms with E-state index in [9.17, 15) is 0 Å². The van der Waals surface area contributed by atoms with E-state index in [1.807, 2.05) is 17.5 Å². The summed E-state index contributed by atoms with van der Waals surface area (Å²) >= 11 is 5.69. The molecule has 0 spiro atoms. The van der Waals surface area contributed by atoms with Crippen LogP contribution in [-0.4, -0.2) is 21.4 Å². The minimum absolute atomic E-state index is 0.00812. The second-order valence-corrected chi connectivity index (χ2v) is 9.64. The third-order valence-corrected chi connectivity index (χ3v) is 6.99. The van der Waals surface area contributed by atoms with Crippen LogP contribution in [0, 0.1) is 0 Å². The zero-order valence-electron chi connectivity index (χ0n) is 14.8. The van der Waals surface area contributed by atoms with Crippen LogP contribution in [0.3, 0.4) is 0 Å². The van der Waals surface area contributed by atoms with Crippen molar-refractivity contribution in [3.8, 4) is 0 Å². The molecular formula is C20H22BrN3S. The number of rotatable bonds is 2. The Balaban J connectivity index is 1.58. The number of fused-ring (bicyclic) bond motifs is 2. The molecule has 4 rings (SSSR count). The van der Waals surface area contributed by atoms with E-state index in [-0.39, 0.29) is 5.41 Å². The van der Waals surface area contributed by atoms with Crippen LogP contribution in [0.4, 0.5) is 0 Å². The van der Waals surface area contributed by atoms with E-state index in [4.69, 9.17) is 4.98 Å². The van der Waals surface area contributed by atoms with Gasteiger partial charge in [-0.15, -0.1) is 11.3 Å². The number of thiophene rings is 1. The molecule has 0 N–H and O–H groups in total. The Labute approximate surface area is 161 Å². The zero-order valence-corrected chi connectivity index (χ0v) is 17.2. The van der Waals surface area contributed by atoms with Crippen molar-refractivity contribution in [2.45, 2.75) is 45.7 Å². The fourth-order valence-corrected chi connectivity index (χ4v) is 5.21. The normalized spacial score (nSPS) is 15.5. The van der Waals surface area contributed by atoms with Crippen molar-refractivity contribution in [2.75, 3.05) is 6.54 Å². The summed E-state index contributed by atoms with van der Waals surface area (Å²) < 4.78 is 2.59. The highest BCUT2D eigenvalue weighted by Crippen LogP contribution is 2.36. The van der Waals surface area contributed by atoms with E-state index in [1.54, 1.807) is 0 Å². The molecule has 3 heterocycles. The molecule has 3 aromatic rings. The fourth-order valence-electron chi connectivity index (χ4n) is 3.22. The topological polar surface area (TPSA) is 29.0 Å². The highest BCUT2D eigenvalue weighted by Gasteiger charge is 2.24. The molecule has 0 bridgehead atoms. The highest BCUT2D eigenvalue weighted by molar-refractivity contribution is 9.10. The largest absolute Gasteiger partial charge is 0.292 e. The molecule has 2 aromatic heterocycles. The standard InChI is InChI=1S/C20H22BrN3S/c1-20(2,3)19-22-10-13-8-9-24(11-15(13)23-19)12-17-18(21)14-6-4-5-7-16(14)25-17/h4-7,10H,8-9,11-12H2,1-3H3. The predicted molar refractivity (Wildman–Crippen MR) is 108 cm³/mol. The van der Waals surface area contributed by atoms with Crippen molar-refractivity contribution in [2.24, 2.45) is 0 Å². The van der Waals surface area contributed by atoms with E-state index in [2.05, 4.69) is 70.9 Å². The molecule has 1 aliphatic rings. The molecular weight excluding hydrogens is 394 g/mol. The summed E-state index contributed by atoms with van der Waals surface area (Å²) in [6.07, 6.45) is 3.07. The van der Waals surface area contributed by atoms with Crippen molar-refractivity contribution in [1.29, 1.82) is 0 Å². The van der Waals surface area contributed by atoms with Gasteiger partial charge in [-0.3, -0.25) is 4.90 Å². The number of hydrogen-bond donors (Lipinski definition) is 0. The van der Waals surface area contributed by atoms with Crippen LogP contribution in [0.2, 0.25) is 0 Å². The molecule has 0 atom stereocenters. The van der Waals surface area contributed by atoms with Gasteiger partial charge in [-0.1, -0.05) is 39.0 Å². The molecule has 0 fully saturated rings. The van der Waals surface area contributed by atoms with Gasteiger partial charge in [0.25, 0.3) is 0 Å². The van der Waals surface area contributed by atoms with Crippen molar-refractivity contribution >= 4 is 37.4 Å². The third kappa shape index (κ3) is 3.37. The van der Waals surface area contributed by atoms with Crippen LogP contribution in [-0.2, 0) is 24.9 Å². The second-order valence-electron chi connectivity index (χ2n) is 7.71. The summed E-state index contributed by atoms with van der Waals surface area (Å²) in [6.45, 7) is 9.44. The number of benzene rings is 1. The van der Waals surface area contributed by atoms with E-state index in [0.717, 1.165) is 31.9 Å². The highest BCUT2D eigenvalue weighted by atomic mass is 79.9. The number of halogens is 1. The van der Waals surface area contributed by atoms with Crippen molar-refractivity contribution in [1.82, 2.24) is 14.9 Å². The Morgan fingerprint density at radius 3 is 2.80 bits per heavy atom. The summed E-state index contributed by atoms with van der Waals surface area (Å²) in [5, 5.41) is 1.32. The van der Waals surface area contributed by atoms with Crippen LogP contribution >= 0.6 is 27.3 Å². The lowest BCUT2D eigenvalue weighted by molar-refractivity contribution is 0.242. The van der Waals surface area contributed by atoms with E-state index >= 15 is 0 Å². The summed E-state index contributed by atoms with van der Waals surface area (Å²) in [4.78, 5) is 13.4. The summed E-state index contributed by atoms with van der Waals surface area (Å²) in [5.74, 6) is 0.941. The average molecular weight is 416 g/mol. The molecule has 1 aromatic carbocycles. The van der Waals surface area contributed by atoms with Gasteiger partial charge in [0, 0.05) is 50.7 Å². The molecule has 0 saturated heterocycles. The lowest BCUT2D eigenvalue weighted by atomic mass is 9.95. The van der Waals surface area contributed by atoms with Gasteiger partial charge in [0.05, 0.1) is 5.69 Å². The molecule has 0 amide bonds. The van der Waals surface area contributed by atoms with Gasteiger partial charge in [-0.25, -0.2) is 9.97 Å².